The van der Waals surface area contributed by atoms with Crippen molar-refractivity contribution in [1.82, 2.24) is 0 Å². The van der Waals surface area contributed by atoms with E-state index >= 15 is 0 Å². The molecular formula is C17H27N2O3+. The zero-order valence-electron chi connectivity index (χ0n) is 13.4. The Morgan fingerprint density at radius 1 is 1.18 bits per heavy atom. The first kappa shape index (κ1) is 16.6. The number of ether oxygens (including phenoxy) is 2. The summed E-state index contributed by atoms with van der Waals surface area (Å²) >= 11 is 0. The highest BCUT2D eigenvalue weighted by molar-refractivity contribution is 5.84. The van der Waals surface area contributed by atoms with Crippen LogP contribution in [0.2, 0.25) is 0 Å². The van der Waals surface area contributed by atoms with Crippen LogP contribution in [0.3, 0.4) is 0 Å². The molecule has 5 nitrogen and oxygen atoms in total. The quantitative estimate of drug-likeness (QED) is 0.723. The number of likely N-dealkylation sites (tertiary alicyclic amines) is 1. The molecule has 0 aromatic heterocycles. The minimum absolute atomic E-state index is 0.391. The molecule has 0 bridgehead atoms. The van der Waals surface area contributed by atoms with Gasteiger partial charge >= 0.3 is 6.09 Å². The van der Waals surface area contributed by atoms with E-state index in [0.717, 1.165) is 37.4 Å². The second kappa shape index (κ2) is 9.30. The number of hydrogen-bond donors (Lipinski definition) is 2. The van der Waals surface area contributed by atoms with Crippen molar-refractivity contribution in [3.05, 3.63) is 24.3 Å². The molecule has 1 heterocycles. The second-order valence-corrected chi connectivity index (χ2v) is 5.69. The number of anilines is 1. The Morgan fingerprint density at radius 3 is 2.59 bits per heavy atom. The molecule has 0 radical (unpaired) electrons. The number of nitrogens with one attached hydrogen (secondary N) is 2. The molecule has 0 aliphatic carbocycles. The van der Waals surface area contributed by atoms with E-state index in [0.29, 0.717) is 6.61 Å². The van der Waals surface area contributed by atoms with Crippen molar-refractivity contribution in [1.29, 1.82) is 0 Å². The highest BCUT2D eigenvalue weighted by Gasteiger charge is 2.15. The molecule has 2 N–H and O–H groups in total. The predicted octanol–water partition coefficient (Wildman–Crippen LogP) is 2.09. The molecule has 22 heavy (non-hydrogen) atoms. The lowest BCUT2D eigenvalue weighted by Crippen LogP contribution is -3.10. The number of unbranched alkanes of at least 4 members (excludes halogenated alkanes) is 1. The summed E-state index contributed by atoms with van der Waals surface area (Å²) in [4.78, 5) is 13.2. The van der Waals surface area contributed by atoms with E-state index in [1.54, 1.807) is 0 Å². The van der Waals surface area contributed by atoms with Crippen molar-refractivity contribution in [2.75, 3.05) is 38.2 Å². The van der Waals surface area contributed by atoms with E-state index in [2.05, 4.69) is 12.2 Å². The van der Waals surface area contributed by atoms with Crippen molar-refractivity contribution in [3.8, 4) is 5.75 Å². The monoisotopic (exact) mass is 307 g/mol. The largest absolute Gasteiger partial charge is 0.494 e. The minimum Gasteiger partial charge on any atom is -0.494 e. The summed E-state index contributed by atoms with van der Waals surface area (Å²) in [6.07, 6.45) is 4.34. The number of hydrogen-bond acceptors (Lipinski definition) is 3. The third kappa shape index (κ3) is 5.93. The summed E-state index contributed by atoms with van der Waals surface area (Å²) in [5.74, 6) is 0.824. The van der Waals surface area contributed by atoms with Gasteiger partial charge in [0, 0.05) is 18.5 Å². The fourth-order valence-electron chi connectivity index (χ4n) is 2.54. The summed E-state index contributed by atoms with van der Waals surface area (Å²) in [5, 5.41) is 2.74. The van der Waals surface area contributed by atoms with Crippen LogP contribution in [0.4, 0.5) is 10.5 Å². The zero-order chi connectivity index (χ0) is 15.6. The highest BCUT2D eigenvalue weighted by Crippen LogP contribution is 2.16. The standard InChI is InChI=1S/C17H26N2O3/c1-2-3-13-21-16-8-6-15(7-9-16)18-17(20)22-14-12-19-10-4-5-11-19/h6-9H,2-5,10-14H2,1H3,(H,18,20)/p+1. The van der Waals surface area contributed by atoms with Crippen molar-refractivity contribution in [3.63, 3.8) is 0 Å². The lowest BCUT2D eigenvalue weighted by molar-refractivity contribution is -0.887. The van der Waals surface area contributed by atoms with Crippen molar-refractivity contribution >= 4 is 11.8 Å². The van der Waals surface area contributed by atoms with Crippen molar-refractivity contribution in [2.45, 2.75) is 32.6 Å². The maximum absolute atomic E-state index is 11.7. The average Bonchev–Trinajstić information content (AvgIpc) is 3.03. The molecule has 1 amide bonds. The summed E-state index contributed by atoms with van der Waals surface area (Å²) in [7, 11) is 0. The van der Waals surface area contributed by atoms with Gasteiger partial charge in [-0.1, -0.05) is 13.3 Å². The lowest BCUT2D eigenvalue weighted by Gasteiger charge is -2.12. The third-order valence-corrected chi connectivity index (χ3v) is 3.87. The molecule has 1 saturated heterocycles. The molecule has 1 fully saturated rings. The van der Waals surface area contributed by atoms with Crippen LogP contribution in [0.5, 0.6) is 5.75 Å². The van der Waals surface area contributed by atoms with Gasteiger partial charge in [-0.3, -0.25) is 5.32 Å². The van der Waals surface area contributed by atoms with Crippen LogP contribution < -0.4 is 15.0 Å². The Balaban J connectivity index is 1.65. The molecule has 122 valence electrons. The van der Waals surface area contributed by atoms with E-state index in [-0.39, 0.29) is 0 Å². The molecule has 0 spiro atoms. The number of carbonyl (C=O) groups is 1. The van der Waals surface area contributed by atoms with Crippen LogP contribution in [-0.2, 0) is 4.74 Å². The number of amides is 1. The molecule has 1 aliphatic heterocycles. The third-order valence-electron chi connectivity index (χ3n) is 3.87. The van der Waals surface area contributed by atoms with Crippen molar-refractivity contribution < 1.29 is 19.2 Å². The Hall–Kier alpha value is -1.75. The SMILES string of the molecule is CCCCOc1ccc(NC(=O)OCC[NH+]2CCCC2)cc1. The summed E-state index contributed by atoms with van der Waals surface area (Å²) in [5.41, 5.74) is 0.723. The van der Waals surface area contributed by atoms with Gasteiger partial charge in [0.25, 0.3) is 0 Å². The van der Waals surface area contributed by atoms with Crippen molar-refractivity contribution in [2.24, 2.45) is 0 Å². The Bertz CT molecular complexity index is 442. The molecule has 2 rings (SSSR count). The molecule has 1 aromatic rings. The molecule has 1 aromatic carbocycles. The maximum atomic E-state index is 11.7. The summed E-state index contributed by atoms with van der Waals surface area (Å²) in [6.45, 7) is 6.63. The Labute approximate surface area is 132 Å². The van der Waals surface area contributed by atoms with Gasteiger partial charge in [-0.25, -0.2) is 4.79 Å². The Kier molecular flexibility index (Phi) is 7.03. The van der Waals surface area contributed by atoms with Gasteiger partial charge in [0.2, 0.25) is 0 Å². The molecule has 0 atom stereocenters. The van der Waals surface area contributed by atoms with Gasteiger partial charge in [-0.15, -0.1) is 0 Å². The van der Waals surface area contributed by atoms with E-state index in [4.69, 9.17) is 9.47 Å². The average molecular weight is 307 g/mol. The van der Waals surface area contributed by atoms with E-state index in [9.17, 15) is 4.79 Å². The summed E-state index contributed by atoms with van der Waals surface area (Å²) in [6, 6.07) is 7.38. The normalized spacial score (nSPS) is 14.8. The van der Waals surface area contributed by atoms with Gasteiger partial charge in [-0.05, 0) is 30.7 Å². The zero-order valence-corrected chi connectivity index (χ0v) is 13.4. The van der Waals surface area contributed by atoms with Crippen LogP contribution in [0, 0.1) is 0 Å². The van der Waals surface area contributed by atoms with Crippen LogP contribution in [0.1, 0.15) is 32.6 Å². The fraction of sp³-hybridized carbons (Fsp3) is 0.588. The first-order valence-electron chi connectivity index (χ1n) is 8.28. The molecule has 0 unspecified atom stereocenters. The topological polar surface area (TPSA) is 52.0 Å². The molecular weight excluding hydrogens is 280 g/mol. The van der Waals surface area contributed by atoms with Gasteiger partial charge in [0.1, 0.15) is 18.9 Å². The minimum atomic E-state index is -0.391. The van der Waals surface area contributed by atoms with Crippen LogP contribution in [-0.4, -0.2) is 38.9 Å². The first-order chi connectivity index (χ1) is 10.8. The van der Waals surface area contributed by atoms with E-state index in [1.807, 2.05) is 24.3 Å². The van der Waals surface area contributed by atoms with E-state index < -0.39 is 6.09 Å². The number of rotatable bonds is 8. The van der Waals surface area contributed by atoms with Gasteiger partial charge in [0.15, 0.2) is 0 Å². The number of benzene rings is 1. The fourth-order valence-corrected chi connectivity index (χ4v) is 2.54. The van der Waals surface area contributed by atoms with E-state index in [1.165, 1.54) is 30.8 Å². The first-order valence-corrected chi connectivity index (χ1v) is 8.28. The maximum Gasteiger partial charge on any atom is 0.411 e. The van der Waals surface area contributed by atoms with Gasteiger partial charge in [-0.2, -0.15) is 0 Å². The lowest BCUT2D eigenvalue weighted by atomic mass is 10.3. The molecule has 1 aliphatic rings. The van der Waals surface area contributed by atoms with Crippen LogP contribution >= 0.6 is 0 Å². The summed E-state index contributed by atoms with van der Waals surface area (Å²) < 4.78 is 10.8. The molecule has 5 heteroatoms. The molecule has 0 saturated carbocycles. The van der Waals surface area contributed by atoms with Gasteiger partial charge in [0.05, 0.1) is 19.7 Å². The Morgan fingerprint density at radius 2 is 1.91 bits per heavy atom. The highest BCUT2D eigenvalue weighted by atomic mass is 16.5. The van der Waals surface area contributed by atoms with Gasteiger partial charge < -0.3 is 14.4 Å². The predicted molar refractivity (Wildman–Crippen MR) is 86.6 cm³/mol. The van der Waals surface area contributed by atoms with Crippen LogP contribution in [0.25, 0.3) is 0 Å². The second-order valence-electron chi connectivity index (χ2n) is 5.69. The smallest absolute Gasteiger partial charge is 0.411 e. The number of carbonyl (C=O) groups excluding carboxylic acids is 1. The number of quaternary nitrogens is 1. The van der Waals surface area contributed by atoms with Crippen LogP contribution in [0.15, 0.2) is 24.3 Å².